The van der Waals surface area contributed by atoms with E-state index in [1.54, 1.807) is 0 Å². The number of nitrogens with zero attached hydrogens (tertiary/aromatic N) is 2. The van der Waals surface area contributed by atoms with Crippen LogP contribution in [-0.2, 0) is 0 Å². The summed E-state index contributed by atoms with van der Waals surface area (Å²) in [6.07, 6.45) is 8.61. The van der Waals surface area contributed by atoms with Gasteiger partial charge in [-0.05, 0) is 45.0 Å². The molecule has 2 aliphatic rings. The van der Waals surface area contributed by atoms with E-state index in [0.29, 0.717) is 5.96 Å². The Morgan fingerprint density at radius 2 is 1.48 bits per heavy atom. The van der Waals surface area contributed by atoms with Crippen LogP contribution in [0.2, 0.25) is 0 Å². The zero-order chi connectivity index (χ0) is 19.5. The second-order valence-electron chi connectivity index (χ2n) is 7.58. The standard InChI is InChI=1S/C26H19N3/c1-29(23-15-12-19-9-8-16-6-3-7-21(23)25(16)19)26(27)28-22-14-11-18-5-2-4-17-10-13-20(22)24(17)18/h2-15H,1H3,(H2,27,28). The summed E-state index contributed by atoms with van der Waals surface area (Å²) in [5.74, 6) is 0.477. The number of aliphatic imine (C=N–C) groups is 1. The first-order chi connectivity index (χ1) is 14.2. The fourth-order valence-corrected chi connectivity index (χ4v) is 4.52. The Balaban J connectivity index is 1.47. The Bertz CT molecular complexity index is 1410. The van der Waals surface area contributed by atoms with Gasteiger partial charge in [0.25, 0.3) is 0 Å². The molecule has 29 heavy (non-hydrogen) atoms. The van der Waals surface area contributed by atoms with Gasteiger partial charge in [0.15, 0.2) is 0 Å². The molecule has 0 unspecified atom stereocenters. The van der Waals surface area contributed by atoms with E-state index in [2.05, 4.69) is 85.0 Å². The van der Waals surface area contributed by atoms with Gasteiger partial charge in [0.1, 0.15) is 0 Å². The molecular weight excluding hydrogens is 354 g/mol. The summed E-state index contributed by atoms with van der Waals surface area (Å²) in [4.78, 5) is 6.79. The van der Waals surface area contributed by atoms with Crippen molar-refractivity contribution < 1.29 is 0 Å². The zero-order valence-corrected chi connectivity index (χ0v) is 16.1. The average Bonchev–Trinajstić information content (AvgIpc) is 3.37. The third-order valence-electron chi connectivity index (χ3n) is 5.99. The predicted molar refractivity (Wildman–Crippen MR) is 125 cm³/mol. The molecule has 4 aromatic rings. The SMILES string of the molecule is CN(C(N)=Nc1ccc2cccc3c2c1C=C3)c1ccc2c3c(cccc13)C=C2. The first-order valence-corrected chi connectivity index (χ1v) is 9.76. The van der Waals surface area contributed by atoms with E-state index >= 15 is 0 Å². The van der Waals surface area contributed by atoms with E-state index in [9.17, 15) is 0 Å². The van der Waals surface area contributed by atoms with Crippen LogP contribution in [0.1, 0.15) is 22.3 Å². The molecule has 0 aromatic heterocycles. The summed E-state index contributed by atoms with van der Waals surface area (Å²) in [6, 6.07) is 21.2. The molecule has 3 nitrogen and oxygen atoms in total. The zero-order valence-electron chi connectivity index (χ0n) is 16.1. The minimum Gasteiger partial charge on any atom is -0.369 e. The van der Waals surface area contributed by atoms with Crippen LogP contribution < -0.4 is 10.6 Å². The van der Waals surface area contributed by atoms with E-state index in [0.717, 1.165) is 16.9 Å². The molecular formula is C26H19N3. The van der Waals surface area contributed by atoms with Gasteiger partial charge in [-0.25, -0.2) is 4.99 Å². The van der Waals surface area contributed by atoms with Crippen molar-refractivity contribution in [3.63, 3.8) is 0 Å². The normalized spacial score (nSPS) is 13.8. The number of benzene rings is 4. The average molecular weight is 373 g/mol. The fourth-order valence-electron chi connectivity index (χ4n) is 4.52. The van der Waals surface area contributed by atoms with Crippen molar-refractivity contribution in [2.45, 2.75) is 0 Å². The molecule has 0 heterocycles. The second-order valence-corrected chi connectivity index (χ2v) is 7.58. The molecule has 0 atom stereocenters. The lowest BCUT2D eigenvalue weighted by Gasteiger charge is -2.21. The van der Waals surface area contributed by atoms with Crippen LogP contribution in [0.4, 0.5) is 11.4 Å². The number of rotatable bonds is 2. The summed E-state index contributed by atoms with van der Waals surface area (Å²) >= 11 is 0. The second kappa shape index (κ2) is 5.82. The van der Waals surface area contributed by atoms with Crippen LogP contribution in [0, 0.1) is 0 Å². The molecule has 0 spiro atoms. The van der Waals surface area contributed by atoms with Crippen molar-refractivity contribution in [1.29, 1.82) is 0 Å². The minimum absolute atomic E-state index is 0.477. The van der Waals surface area contributed by atoms with Crippen molar-refractivity contribution in [1.82, 2.24) is 0 Å². The van der Waals surface area contributed by atoms with Crippen molar-refractivity contribution in [3.05, 3.63) is 82.9 Å². The van der Waals surface area contributed by atoms with E-state index in [-0.39, 0.29) is 0 Å². The van der Waals surface area contributed by atoms with Crippen molar-refractivity contribution >= 4 is 63.2 Å². The monoisotopic (exact) mass is 373 g/mol. The molecule has 4 aromatic carbocycles. The summed E-state index contributed by atoms with van der Waals surface area (Å²) in [6.45, 7) is 0. The molecule has 3 heteroatoms. The van der Waals surface area contributed by atoms with Gasteiger partial charge in [0.2, 0.25) is 5.96 Å². The van der Waals surface area contributed by atoms with Crippen molar-refractivity contribution in [2.24, 2.45) is 10.7 Å². The highest BCUT2D eigenvalue weighted by molar-refractivity contribution is 6.13. The van der Waals surface area contributed by atoms with Crippen molar-refractivity contribution in [2.75, 3.05) is 11.9 Å². The van der Waals surface area contributed by atoms with Crippen molar-refractivity contribution in [3.8, 4) is 0 Å². The highest BCUT2D eigenvalue weighted by atomic mass is 15.2. The number of anilines is 1. The van der Waals surface area contributed by atoms with Crippen LogP contribution in [0.15, 0.2) is 65.7 Å². The molecule has 0 bridgehead atoms. The summed E-state index contributed by atoms with van der Waals surface area (Å²) in [5.41, 5.74) is 13.3. The number of guanidine groups is 1. The smallest absolute Gasteiger partial charge is 0.200 e. The fraction of sp³-hybridized carbons (Fsp3) is 0.0385. The van der Waals surface area contributed by atoms with Gasteiger partial charge in [-0.1, -0.05) is 72.8 Å². The van der Waals surface area contributed by atoms with Gasteiger partial charge < -0.3 is 10.6 Å². The molecule has 2 N–H and O–H groups in total. The lowest BCUT2D eigenvalue weighted by molar-refractivity contribution is 1.23. The quantitative estimate of drug-likeness (QED) is 0.297. The Morgan fingerprint density at radius 3 is 2.34 bits per heavy atom. The van der Waals surface area contributed by atoms with E-state index in [1.807, 2.05) is 11.9 Å². The maximum Gasteiger partial charge on any atom is 0.200 e. The first-order valence-electron chi connectivity index (χ1n) is 9.76. The maximum absolute atomic E-state index is 6.48. The van der Waals surface area contributed by atoms with Gasteiger partial charge in [-0.2, -0.15) is 0 Å². The Kier molecular flexibility index (Phi) is 3.24. The summed E-state index contributed by atoms with van der Waals surface area (Å²) in [7, 11) is 1.98. The molecule has 6 rings (SSSR count). The third kappa shape index (κ3) is 2.28. The Morgan fingerprint density at radius 1 is 0.759 bits per heavy atom. The molecule has 0 aliphatic heterocycles. The van der Waals surface area contributed by atoms with Crippen LogP contribution >= 0.6 is 0 Å². The summed E-state index contributed by atoms with van der Waals surface area (Å²) in [5, 5.41) is 4.95. The lowest BCUT2D eigenvalue weighted by Crippen LogP contribution is -2.33. The van der Waals surface area contributed by atoms with Crippen LogP contribution in [0.25, 0.3) is 45.8 Å². The molecule has 0 fully saturated rings. The predicted octanol–water partition coefficient (Wildman–Crippen LogP) is 6.04. The molecule has 0 radical (unpaired) electrons. The minimum atomic E-state index is 0.477. The first kappa shape index (κ1) is 16.1. The third-order valence-corrected chi connectivity index (χ3v) is 5.99. The maximum atomic E-state index is 6.48. The number of hydrogen-bond acceptors (Lipinski definition) is 1. The molecule has 138 valence electrons. The van der Waals surface area contributed by atoms with Gasteiger partial charge >= 0.3 is 0 Å². The molecule has 2 aliphatic carbocycles. The molecule has 0 saturated heterocycles. The van der Waals surface area contributed by atoms with E-state index < -0.39 is 0 Å². The number of hydrogen-bond donors (Lipinski definition) is 1. The number of nitrogens with two attached hydrogens (primary N) is 1. The van der Waals surface area contributed by atoms with Crippen LogP contribution in [0.5, 0.6) is 0 Å². The van der Waals surface area contributed by atoms with Gasteiger partial charge in [0.05, 0.1) is 11.4 Å². The Hall–Kier alpha value is -3.85. The van der Waals surface area contributed by atoms with Gasteiger partial charge in [-0.15, -0.1) is 0 Å². The lowest BCUT2D eigenvalue weighted by atomic mass is 10.0. The van der Waals surface area contributed by atoms with E-state index in [4.69, 9.17) is 10.7 Å². The van der Waals surface area contributed by atoms with Crippen LogP contribution in [-0.4, -0.2) is 13.0 Å². The van der Waals surface area contributed by atoms with Gasteiger partial charge in [0, 0.05) is 18.0 Å². The van der Waals surface area contributed by atoms with Gasteiger partial charge in [-0.3, -0.25) is 0 Å². The highest BCUT2D eigenvalue weighted by Gasteiger charge is 2.17. The topological polar surface area (TPSA) is 41.6 Å². The largest absolute Gasteiger partial charge is 0.369 e. The molecule has 0 amide bonds. The highest BCUT2D eigenvalue weighted by Crippen LogP contribution is 2.39. The molecule has 0 saturated carbocycles. The van der Waals surface area contributed by atoms with E-state index in [1.165, 1.54) is 38.2 Å². The van der Waals surface area contributed by atoms with Crippen LogP contribution in [0.3, 0.4) is 0 Å². The Labute approximate surface area is 169 Å². The summed E-state index contributed by atoms with van der Waals surface area (Å²) < 4.78 is 0.